The molecule has 9 nitrogen and oxygen atoms in total. The van der Waals surface area contributed by atoms with Crippen LogP contribution in [0.2, 0.25) is 0 Å². The number of anilines is 2. The lowest BCUT2D eigenvalue weighted by Gasteiger charge is -2.26. The molecule has 0 radical (unpaired) electrons. The molecule has 4 aromatic rings. The van der Waals surface area contributed by atoms with Crippen molar-refractivity contribution >= 4 is 34.1 Å². The number of ether oxygens (including phenoxy) is 3. The predicted octanol–water partition coefficient (Wildman–Crippen LogP) is 7.27. The summed E-state index contributed by atoms with van der Waals surface area (Å²) in [7, 11) is 1.55. The zero-order chi connectivity index (χ0) is 33.9. The minimum absolute atomic E-state index is 0.0697. The highest BCUT2D eigenvalue weighted by molar-refractivity contribution is 6.17. The zero-order valence-electron chi connectivity index (χ0n) is 27.4. The van der Waals surface area contributed by atoms with E-state index in [1.807, 2.05) is 13.8 Å². The molecule has 1 aliphatic carbocycles. The summed E-state index contributed by atoms with van der Waals surface area (Å²) in [5.74, 6) is -1.43. The highest BCUT2D eigenvalue weighted by Crippen LogP contribution is 2.59. The van der Waals surface area contributed by atoms with E-state index in [0.717, 1.165) is 19.2 Å². The Kier molecular flexibility index (Phi) is 9.95. The van der Waals surface area contributed by atoms with E-state index in [-0.39, 0.29) is 29.3 Å². The van der Waals surface area contributed by atoms with Gasteiger partial charge in [0.25, 0.3) is 0 Å². The van der Waals surface area contributed by atoms with Crippen LogP contribution in [0.1, 0.15) is 34.6 Å². The zero-order valence-corrected chi connectivity index (χ0v) is 27.4. The summed E-state index contributed by atoms with van der Waals surface area (Å²) in [6, 6.07) is 14.7. The first-order chi connectivity index (χ1) is 22.5. The lowest BCUT2D eigenvalue weighted by molar-refractivity contribution is -0.132. The average molecular weight is 647 g/mol. The molecule has 1 aromatic heterocycles. The van der Waals surface area contributed by atoms with Gasteiger partial charge in [-0.2, -0.15) is 0 Å². The molecule has 0 aliphatic heterocycles. The van der Waals surface area contributed by atoms with Gasteiger partial charge in [0.05, 0.1) is 12.6 Å². The van der Waals surface area contributed by atoms with Crippen LogP contribution >= 0.6 is 0 Å². The molecular formula is C36H40F2N4O5. The molecule has 0 saturated heterocycles. The molecule has 3 atom stereocenters. The number of likely N-dealkylation sites (N-methyl/N-ethyl adjacent to an activating group) is 1. The Balaban J connectivity index is 1.31. The molecule has 1 aliphatic rings. The van der Waals surface area contributed by atoms with Crippen molar-refractivity contribution in [3.05, 3.63) is 78.5 Å². The number of nitrogens with one attached hydrogen (secondary N) is 2. The van der Waals surface area contributed by atoms with Crippen LogP contribution in [0.4, 0.5) is 20.2 Å². The average Bonchev–Trinajstić information content (AvgIpc) is 3.62. The number of amides is 2. The number of pyridine rings is 1. The SMILES string of the molecule is CCN(CC)C(C)COc1cc2nccc(Oc3ccc(NC(=O)C4(C(=O)Nc5ccc(F)cc5)[C@H](C)[C@H]4C)cc3F)c2cc1OC. The van der Waals surface area contributed by atoms with Crippen LogP contribution in [0.25, 0.3) is 10.9 Å². The maximum Gasteiger partial charge on any atom is 0.240 e. The molecule has 0 bridgehead atoms. The summed E-state index contributed by atoms with van der Waals surface area (Å²) < 4.78 is 46.4. The molecule has 3 aromatic carbocycles. The van der Waals surface area contributed by atoms with Gasteiger partial charge in [0, 0.05) is 41.1 Å². The molecule has 2 N–H and O–H groups in total. The number of rotatable bonds is 13. The summed E-state index contributed by atoms with van der Waals surface area (Å²) in [6.07, 6.45) is 1.56. The van der Waals surface area contributed by atoms with Crippen molar-refractivity contribution in [1.82, 2.24) is 9.88 Å². The minimum Gasteiger partial charge on any atom is -0.493 e. The first-order valence-electron chi connectivity index (χ1n) is 15.7. The molecule has 1 saturated carbocycles. The Morgan fingerprint density at radius 3 is 2.11 bits per heavy atom. The third-order valence-electron chi connectivity index (χ3n) is 9.24. The Bertz CT molecular complexity index is 1750. The van der Waals surface area contributed by atoms with Crippen LogP contribution in [0.5, 0.6) is 23.0 Å². The molecule has 11 heteroatoms. The van der Waals surface area contributed by atoms with Crippen molar-refractivity contribution in [2.24, 2.45) is 17.3 Å². The van der Waals surface area contributed by atoms with Gasteiger partial charge in [-0.1, -0.05) is 27.7 Å². The number of aromatic nitrogens is 1. The fraction of sp³-hybridized carbons (Fsp3) is 0.361. The first-order valence-corrected chi connectivity index (χ1v) is 15.7. The fourth-order valence-corrected chi connectivity index (χ4v) is 6.14. The van der Waals surface area contributed by atoms with Crippen LogP contribution in [0.3, 0.4) is 0 Å². The van der Waals surface area contributed by atoms with Crippen molar-refractivity contribution in [3.8, 4) is 23.0 Å². The third-order valence-corrected chi connectivity index (χ3v) is 9.24. The second-order valence-corrected chi connectivity index (χ2v) is 11.8. The number of carbonyl (C=O) groups is 2. The van der Waals surface area contributed by atoms with Gasteiger partial charge in [-0.25, -0.2) is 8.78 Å². The second-order valence-electron chi connectivity index (χ2n) is 11.8. The van der Waals surface area contributed by atoms with Gasteiger partial charge in [-0.3, -0.25) is 19.5 Å². The highest BCUT2D eigenvalue weighted by Gasteiger charge is 2.69. The summed E-state index contributed by atoms with van der Waals surface area (Å²) in [5.41, 5.74) is -0.240. The summed E-state index contributed by atoms with van der Waals surface area (Å²) in [5, 5.41) is 6.00. The van der Waals surface area contributed by atoms with Crippen LogP contribution in [-0.2, 0) is 9.59 Å². The van der Waals surface area contributed by atoms with E-state index >= 15 is 4.39 Å². The topological polar surface area (TPSA) is 102 Å². The monoisotopic (exact) mass is 646 g/mol. The quantitative estimate of drug-likeness (QED) is 0.147. The van der Waals surface area contributed by atoms with Gasteiger partial charge in [-0.05, 0) is 80.4 Å². The van der Waals surface area contributed by atoms with Crippen molar-refractivity contribution in [3.63, 3.8) is 0 Å². The number of nitrogens with zero attached hydrogens (tertiary/aromatic N) is 2. The van der Waals surface area contributed by atoms with E-state index in [1.165, 1.54) is 36.4 Å². The minimum atomic E-state index is -1.36. The summed E-state index contributed by atoms with van der Waals surface area (Å²) >= 11 is 0. The molecule has 47 heavy (non-hydrogen) atoms. The smallest absolute Gasteiger partial charge is 0.240 e. The van der Waals surface area contributed by atoms with Crippen LogP contribution < -0.4 is 24.8 Å². The first kappa shape index (κ1) is 33.6. The van der Waals surface area contributed by atoms with Crippen LogP contribution in [0.15, 0.2) is 66.9 Å². The Hall–Kier alpha value is -4.77. The van der Waals surface area contributed by atoms with E-state index in [9.17, 15) is 14.0 Å². The van der Waals surface area contributed by atoms with Gasteiger partial charge < -0.3 is 24.8 Å². The van der Waals surface area contributed by atoms with Crippen molar-refractivity contribution in [1.29, 1.82) is 0 Å². The maximum absolute atomic E-state index is 15.4. The number of benzene rings is 3. The normalized spacial score (nSPS) is 19.3. The van der Waals surface area contributed by atoms with Crippen LogP contribution in [-0.4, -0.2) is 54.5 Å². The molecule has 5 rings (SSSR count). The number of methoxy groups -OCH3 is 1. The van der Waals surface area contributed by atoms with E-state index in [4.69, 9.17) is 14.2 Å². The molecule has 2 amide bonds. The van der Waals surface area contributed by atoms with Gasteiger partial charge in [0.15, 0.2) is 23.1 Å². The molecule has 1 fully saturated rings. The number of halogens is 2. The number of carbonyl (C=O) groups excluding carboxylic acids is 2. The van der Waals surface area contributed by atoms with E-state index in [0.29, 0.717) is 40.4 Å². The Morgan fingerprint density at radius 2 is 1.51 bits per heavy atom. The van der Waals surface area contributed by atoms with E-state index in [1.54, 1.807) is 31.5 Å². The number of fused-ring (bicyclic) bond motifs is 1. The van der Waals surface area contributed by atoms with Gasteiger partial charge in [0.1, 0.15) is 23.6 Å². The highest BCUT2D eigenvalue weighted by atomic mass is 19.1. The van der Waals surface area contributed by atoms with Crippen molar-refractivity contribution in [2.45, 2.75) is 40.7 Å². The standard InChI is InChI=1S/C36H40F2N4O5/c1-7-42(8-2)21(3)20-46-33-19-29-27(18-32(33)45-6)30(15-16-39-29)47-31-14-13-26(17-28(31)38)41-35(44)36(22(4)23(36)5)34(43)40-25-11-9-24(37)10-12-25/h9-19,21-23H,7-8,20H2,1-6H3,(H,40,43)(H,41,44)/t21?,22-,23-/m1/s1. The van der Waals surface area contributed by atoms with Gasteiger partial charge >= 0.3 is 0 Å². The predicted molar refractivity (Wildman–Crippen MR) is 177 cm³/mol. The fourth-order valence-electron chi connectivity index (χ4n) is 6.14. The molecule has 1 heterocycles. The number of hydrogen-bond acceptors (Lipinski definition) is 7. The van der Waals surface area contributed by atoms with Crippen molar-refractivity contribution < 1.29 is 32.6 Å². The largest absolute Gasteiger partial charge is 0.493 e. The lowest BCUT2D eigenvalue weighted by Crippen LogP contribution is -2.38. The third kappa shape index (κ3) is 6.71. The van der Waals surface area contributed by atoms with Crippen LogP contribution in [0, 0.1) is 28.9 Å². The van der Waals surface area contributed by atoms with E-state index in [2.05, 4.69) is 41.3 Å². The Labute approximate surface area is 273 Å². The van der Waals surface area contributed by atoms with Crippen molar-refractivity contribution in [2.75, 3.05) is 37.4 Å². The molecular weight excluding hydrogens is 606 g/mol. The maximum atomic E-state index is 15.4. The molecule has 1 unspecified atom stereocenters. The lowest BCUT2D eigenvalue weighted by atomic mass is 9.99. The van der Waals surface area contributed by atoms with Gasteiger partial charge in [-0.15, -0.1) is 0 Å². The number of hydrogen-bond donors (Lipinski definition) is 2. The summed E-state index contributed by atoms with van der Waals surface area (Å²) in [4.78, 5) is 33.5. The second kappa shape index (κ2) is 13.9. The Morgan fingerprint density at radius 1 is 0.872 bits per heavy atom. The summed E-state index contributed by atoms with van der Waals surface area (Å²) in [6.45, 7) is 12.2. The van der Waals surface area contributed by atoms with Gasteiger partial charge in [0.2, 0.25) is 11.8 Å². The van der Waals surface area contributed by atoms with E-state index < -0.39 is 28.9 Å². The molecule has 0 spiro atoms. The molecule has 248 valence electrons.